The fraction of sp³-hybridized carbons (Fsp3) is 0.238. The van der Waals surface area contributed by atoms with Crippen LogP contribution in [0.4, 0.5) is 10.5 Å². The van der Waals surface area contributed by atoms with E-state index in [9.17, 15) is 4.79 Å². The van der Waals surface area contributed by atoms with Crippen LogP contribution in [-0.4, -0.2) is 28.9 Å². The molecule has 0 saturated carbocycles. The Morgan fingerprint density at radius 1 is 1.14 bits per heavy atom. The van der Waals surface area contributed by atoms with Gasteiger partial charge in [-0.2, -0.15) is 0 Å². The molecule has 0 radical (unpaired) electrons. The van der Waals surface area contributed by atoms with Gasteiger partial charge in [0.25, 0.3) is 0 Å². The molecule has 0 aliphatic heterocycles. The number of alkyl halides is 1. The van der Waals surface area contributed by atoms with Gasteiger partial charge in [0.1, 0.15) is 24.8 Å². The van der Waals surface area contributed by atoms with Crippen molar-refractivity contribution >= 4 is 23.4 Å². The fourth-order valence-corrected chi connectivity index (χ4v) is 2.97. The van der Waals surface area contributed by atoms with Crippen LogP contribution in [0.2, 0.25) is 0 Å². The van der Waals surface area contributed by atoms with E-state index in [1.54, 1.807) is 18.3 Å². The van der Waals surface area contributed by atoms with Gasteiger partial charge in [-0.1, -0.05) is 30.3 Å². The van der Waals surface area contributed by atoms with Crippen LogP contribution in [0.3, 0.4) is 0 Å². The third-order valence-electron chi connectivity index (χ3n) is 4.25. The summed E-state index contributed by atoms with van der Waals surface area (Å²) in [5.74, 6) is 1.95. The first-order valence-electron chi connectivity index (χ1n) is 8.93. The summed E-state index contributed by atoms with van der Waals surface area (Å²) < 4.78 is 13.0. The summed E-state index contributed by atoms with van der Waals surface area (Å²) in [7, 11) is 0. The zero-order chi connectivity index (χ0) is 19.8. The number of rotatable bonds is 8. The number of halogens is 1. The Morgan fingerprint density at radius 3 is 2.75 bits per heavy atom. The van der Waals surface area contributed by atoms with Crippen molar-refractivity contribution in [1.29, 1.82) is 0 Å². The Morgan fingerprint density at radius 2 is 1.96 bits per heavy atom. The molecule has 7 heteroatoms. The molecule has 28 heavy (non-hydrogen) atoms. The van der Waals surface area contributed by atoms with E-state index in [0.717, 1.165) is 22.7 Å². The number of nitrogens with one attached hydrogen (secondary N) is 1. The van der Waals surface area contributed by atoms with Gasteiger partial charge in [0.15, 0.2) is 0 Å². The Labute approximate surface area is 169 Å². The maximum Gasteiger partial charge on any atom is 0.411 e. The second-order valence-corrected chi connectivity index (χ2v) is 6.39. The normalized spacial score (nSPS) is 10.5. The van der Waals surface area contributed by atoms with Gasteiger partial charge in [0, 0.05) is 24.6 Å². The summed E-state index contributed by atoms with van der Waals surface area (Å²) in [6, 6.07) is 15.0. The van der Waals surface area contributed by atoms with E-state index >= 15 is 0 Å². The number of imidazole rings is 1. The molecule has 0 spiro atoms. The number of carbonyl (C=O) groups excluding carboxylic acids is 1. The van der Waals surface area contributed by atoms with Gasteiger partial charge >= 0.3 is 6.09 Å². The molecule has 0 bridgehead atoms. The zero-order valence-corrected chi connectivity index (χ0v) is 16.4. The van der Waals surface area contributed by atoms with E-state index in [1.165, 1.54) is 0 Å². The van der Waals surface area contributed by atoms with E-state index in [1.807, 2.05) is 54.1 Å². The van der Waals surface area contributed by atoms with E-state index in [-0.39, 0.29) is 13.2 Å². The molecule has 146 valence electrons. The molecule has 0 atom stereocenters. The predicted molar refractivity (Wildman–Crippen MR) is 109 cm³/mol. The quantitative estimate of drug-likeness (QED) is 0.444. The van der Waals surface area contributed by atoms with Crippen LogP contribution in [0.5, 0.6) is 5.75 Å². The highest BCUT2D eigenvalue weighted by atomic mass is 35.5. The Bertz CT molecular complexity index is 912. The molecule has 3 rings (SSSR count). The van der Waals surface area contributed by atoms with E-state index in [4.69, 9.17) is 21.1 Å². The summed E-state index contributed by atoms with van der Waals surface area (Å²) in [6.45, 7) is 3.09. The summed E-state index contributed by atoms with van der Waals surface area (Å²) in [5, 5.41) is 2.66. The fourth-order valence-electron chi connectivity index (χ4n) is 2.75. The van der Waals surface area contributed by atoms with Crippen LogP contribution in [0.1, 0.15) is 17.0 Å². The lowest BCUT2D eigenvalue weighted by molar-refractivity contribution is 0.137. The average Bonchev–Trinajstić information content (AvgIpc) is 3.16. The lowest BCUT2D eigenvalue weighted by Crippen LogP contribution is -2.17. The first kappa shape index (κ1) is 19.8. The van der Waals surface area contributed by atoms with Gasteiger partial charge in [-0.25, -0.2) is 9.78 Å². The van der Waals surface area contributed by atoms with Crippen molar-refractivity contribution < 1.29 is 14.3 Å². The first-order valence-corrected chi connectivity index (χ1v) is 9.47. The molecule has 0 aliphatic rings. The van der Waals surface area contributed by atoms with Crippen molar-refractivity contribution in [1.82, 2.24) is 9.55 Å². The van der Waals surface area contributed by atoms with E-state index in [2.05, 4.69) is 10.3 Å². The Hall–Kier alpha value is -2.99. The molecule has 1 amide bonds. The second kappa shape index (κ2) is 9.80. The van der Waals surface area contributed by atoms with Crippen molar-refractivity contribution in [3.05, 3.63) is 77.9 Å². The molecule has 0 fully saturated rings. The van der Waals surface area contributed by atoms with E-state index in [0.29, 0.717) is 18.1 Å². The third kappa shape index (κ3) is 5.27. The number of hydrogen-bond acceptors (Lipinski definition) is 4. The van der Waals surface area contributed by atoms with Crippen LogP contribution < -0.4 is 10.1 Å². The highest BCUT2D eigenvalue weighted by Gasteiger charge is 2.09. The largest absolute Gasteiger partial charge is 0.490 e. The van der Waals surface area contributed by atoms with Crippen molar-refractivity contribution in [2.75, 3.05) is 18.5 Å². The highest BCUT2D eigenvalue weighted by molar-refractivity contribution is 6.16. The SMILES string of the molecule is Cc1c(Cn2ccnc2CCl)cccc1OCCOC(=O)Nc1ccccc1. The number of ether oxygens (including phenoxy) is 2. The predicted octanol–water partition coefficient (Wildman–Crippen LogP) is 4.61. The number of nitrogens with zero attached hydrogens (tertiary/aromatic N) is 2. The topological polar surface area (TPSA) is 65.4 Å². The summed E-state index contributed by atoms with van der Waals surface area (Å²) in [4.78, 5) is 16.0. The molecule has 1 heterocycles. The minimum Gasteiger partial charge on any atom is -0.490 e. The third-order valence-corrected chi connectivity index (χ3v) is 4.49. The lowest BCUT2D eigenvalue weighted by atomic mass is 10.1. The molecular formula is C21H22ClN3O3. The molecule has 0 unspecified atom stereocenters. The van der Waals surface area contributed by atoms with Gasteiger partial charge in [-0.05, 0) is 36.2 Å². The van der Waals surface area contributed by atoms with Crippen molar-refractivity contribution in [3.63, 3.8) is 0 Å². The molecule has 6 nitrogen and oxygen atoms in total. The van der Waals surface area contributed by atoms with E-state index < -0.39 is 6.09 Å². The number of aromatic nitrogens is 2. The molecule has 2 aromatic carbocycles. The molecule has 0 aliphatic carbocycles. The lowest BCUT2D eigenvalue weighted by Gasteiger charge is -2.14. The second-order valence-electron chi connectivity index (χ2n) is 6.12. The number of carbonyl (C=O) groups is 1. The number of benzene rings is 2. The maximum absolute atomic E-state index is 11.8. The van der Waals surface area contributed by atoms with Gasteiger partial charge in [-0.3, -0.25) is 5.32 Å². The highest BCUT2D eigenvalue weighted by Crippen LogP contribution is 2.22. The minimum absolute atomic E-state index is 0.153. The molecular weight excluding hydrogens is 378 g/mol. The standard InChI is InChI=1S/C21H22ClN3O3/c1-16-17(15-25-11-10-23-20(25)14-22)6-5-9-19(16)27-12-13-28-21(26)24-18-7-3-2-4-8-18/h2-11H,12-15H2,1H3,(H,24,26). The minimum atomic E-state index is -0.506. The van der Waals surface area contributed by atoms with Crippen molar-refractivity contribution in [3.8, 4) is 5.75 Å². The van der Waals surface area contributed by atoms with Gasteiger partial charge in [-0.15, -0.1) is 11.6 Å². The van der Waals surface area contributed by atoms with Crippen LogP contribution in [-0.2, 0) is 17.2 Å². The van der Waals surface area contributed by atoms with Gasteiger partial charge < -0.3 is 14.0 Å². The van der Waals surface area contributed by atoms with Gasteiger partial charge in [0.2, 0.25) is 0 Å². The molecule has 1 aromatic heterocycles. The van der Waals surface area contributed by atoms with Crippen LogP contribution in [0.15, 0.2) is 60.9 Å². The summed E-state index contributed by atoms with van der Waals surface area (Å²) in [5.41, 5.74) is 2.84. The summed E-state index contributed by atoms with van der Waals surface area (Å²) >= 11 is 5.92. The number of hydrogen-bond donors (Lipinski definition) is 1. The average molecular weight is 400 g/mol. The Balaban J connectivity index is 1.50. The van der Waals surface area contributed by atoms with Crippen LogP contribution in [0.25, 0.3) is 0 Å². The molecule has 0 saturated heterocycles. The number of para-hydroxylation sites is 1. The van der Waals surface area contributed by atoms with Crippen molar-refractivity contribution in [2.24, 2.45) is 0 Å². The smallest absolute Gasteiger partial charge is 0.411 e. The monoisotopic (exact) mass is 399 g/mol. The summed E-state index contributed by atoms with van der Waals surface area (Å²) in [6.07, 6.45) is 3.14. The first-order chi connectivity index (χ1) is 13.7. The molecule has 3 aromatic rings. The van der Waals surface area contributed by atoms with Crippen LogP contribution >= 0.6 is 11.6 Å². The maximum atomic E-state index is 11.8. The zero-order valence-electron chi connectivity index (χ0n) is 15.6. The van der Waals surface area contributed by atoms with Crippen molar-refractivity contribution in [2.45, 2.75) is 19.3 Å². The number of amides is 1. The Kier molecular flexibility index (Phi) is 6.92. The van der Waals surface area contributed by atoms with Crippen LogP contribution in [0, 0.1) is 6.92 Å². The van der Waals surface area contributed by atoms with Gasteiger partial charge in [0.05, 0.1) is 5.88 Å². The number of anilines is 1. The molecule has 1 N–H and O–H groups in total.